The predicted molar refractivity (Wildman–Crippen MR) is 102 cm³/mol. The number of carbonyl (C=O) groups excluding carboxylic acids is 2. The van der Waals surface area contributed by atoms with E-state index in [4.69, 9.17) is 9.47 Å². The van der Waals surface area contributed by atoms with Gasteiger partial charge in [0.25, 0.3) is 0 Å². The fraction of sp³-hybridized carbons (Fsp3) is 0.524. The summed E-state index contributed by atoms with van der Waals surface area (Å²) in [6.45, 7) is 5.61. The van der Waals surface area contributed by atoms with Crippen LogP contribution in [-0.4, -0.2) is 24.2 Å². The number of nitrogens with one attached hydrogen (secondary N) is 2. The van der Waals surface area contributed by atoms with Gasteiger partial charge in [0.1, 0.15) is 11.9 Å². The molecule has 1 heterocycles. The third kappa shape index (κ3) is 4.62. The van der Waals surface area contributed by atoms with Gasteiger partial charge in [0.2, 0.25) is 0 Å². The standard InChI is InChI=1S/C21H28N2O4/c1-13(2)26-17-12-8-7-11-16(17)19-18(14(3)22-21(25)23-19)20(24)27-15-9-5-4-6-10-15/h7-8,11-13,15,19H,4-6,9-10H2,1-3H3,(H2,22,23,25)/t19-/m1/s1. The van der Waals surface area contributed by atoms with Crippen molar-refractivity contribution in [2.75, 3.05) is 0 Å². The average molecular weight is 372 g/mol. The number of ether oxygens (including phenoxy) is 2. The molecule has 1 saturated carbocycles. The van der Waals surface area contributed by atoms with Crippen molar-refractivity contribution in [3.05, 3.63) is 41.1 Å². The second kappa shape index (κ2) is 8.46. The number of hydrogen-bond donors (Lipinski definition) is 2. The molecule has 3 rings (SSSR count). The number of carbonyl (C=O) groups is 2. The van der Waals surface area contributed by atoms with Crippen LogP contribution in [0.3, 0.4) is 0 Å². The third-order valence-electron chi connectivity index (χ3n) is 4.91. The highest BCUT2D eigenvalue weighted by Crippen LogP contribution is 2.34. The van der Waals surface area contributed by atoms with Gasteiger partial charge in [-0.05, 0) is 52.5 Å². The molecule has 1 atom stereocenters. The number of para-hydroxylation sites is 1. The largest absolute Gasteiger partial charge is 0.491 e. The van der Waals surface area contributed by atoms with Crippen LogP contribution < -0.4 is 15.4 Å². The summed E-state index contributed by atoms with van der Waals surface area (Å²) >= 11 is 0. The number of hydrogen-bond acceptors (Lipinski definition) is 4. The monoisotopic (exact) mass is 372 g/mol. The van der Waals surface area contributed by atoms with Crippen LogP contribution in [0.5, 0.6) is 5.75 Å². The fourth-order valence-corrected chi connectivity index (χ4v) is 3.68. The van der Waals surface area contributed by atoms with E-state index < -0.39 is 6.04 Å². The molecular weight excluding hydrogens is 344 g/mol. The van der Waals surface area contributed by atoms with Crippen molar-refractivity contribution in [2.45, 2.75) is 71.1 Å². The second-order valence-electron chi connectivity index (χ2n) is 7.44. The minimum absolute atomic E-state index is 0.0220. The van der Waals surface area contributed by atoms with Gasteiger partial charge in [0.15, 0.2) is 0 Å². The molecule has 0 radical (unpaired) electrons. The van der Waals surface area contributed by atoms with Crippen molar-refractivity contribution in [2.24, 2.45) is 0 Å². The van der Waals surface area contributed by atoms with Gasteiger partial charge < -0.3 is 20.1 Å². The molecule has 2 N–H and O–H groups in total. The molecule has 6 heteroatoms. The number of esters is 1. The highest BCUT2D eigenvalue weighted by Gasteiger charge is 2.35. The summed E-state index contributed by atoms with van der Waals surface area (Å²) in [5, 5.41) is 5.55. The summed E-state index contributed by atoms with van der Waals surface area (Å²) in [6.07, 6.45) is 5.08. The van der Waals surface area contributed by atoms with Crippen LogP contribution in [-0.2, 0) is 9.53 Å². The summed E-state index contributed by atoms with van der Waals surface area (Å²) in [5.41, 5.74) is 1.69. The molecule has 1 aliphatic carbocycles. The number of benzene rings is 1. The maximum Gasteiger partial charge on any atom is 0.338 e. The molecule has 1 aliphatic heterocycles. The Morgan fingerprint density at radius 2 is 1.85 bits per heavy atom. The zero-order chi connectivity index (χ0) is 19.4. The Bertz CT molecular complexity index is 735. The Morgan fingerprint density at radius 3 is 2.56 bits per heavy atom. The minimum Gasteiger partial charge on any atom is -0.491 e. The Morgan fingerprint density at radius 1 is 1.15 bits per heavy atom. The number of allylic oxidation sites excluding steroid dienone is 1. The van der Waals surface area contributed by atoms with Crippen molar-refractivity contribution in [3.8, 4) is 5.75 Å². The molecule has 146 valence electrons. The summed E-state index contributed by atoms with van der Waals surface area (Å²) in [7, 11) is 0. The molecule has 0 bridgehead atoms. The van der Waals surface area contributed by atoms with E-state index in [9.17, 15) is 9.59 Å². The van der Waals surface area contributed by atoms with E-state index in [1.165, 1.54) is 6.42 Å². The van der Waals surface area contributed by atoms with E-state index >= 15 is 0 Å². The summed E-state index contributed by atoms with van der Waals surface area (Å²) < 4.78 is 11.7. The fourth-order valence-electron chi connectivity index (χ4n) is 3.68. The minimum atomic E-state index is -0.607. The van der Waals surface area contributed by atoms with Gasteiger partial charge in [-0.2, -0.15) is 0 Å². The highest BCUT2D eigenvalue weighted by atomic mass is 16.5. The van der Waals surface area contributed by atoms with E-state index in [0.29, 0.717) is 17.0 Å². The molecule has 27 heavy (non-hydrogen) atoms. The lowest BCUT2D eigenvalue weighted by Crippen LogP contribution is -2.45. The Balaban J connectivity index is 1.91. The van der Waals surface area contributed by atoms with Crippen LogP contribution >= 0.6 is 0 Å². The van der Waals surface area contributed by atoms with E-state index in [-0.39, 0.29) is 24.2 Å². The van der Waals surface area contributed by atoms with Gasteiger partial charge in [-0.1, -0.05) is 24.6 Å². The summed E-state index contributed by atoms with van der Waals surface area (Å²) in [5.74, 6) is 0.270. The van der Waals surface area contributed by atoms with Crippen LogP contribution in [0.25, 0.3) is 0 Å². The smallest absolute Gasteiger partial charge is 0.338 e. The van der Waals surface area contributed by atoms with E-state index in [1.54, 1.807) is 6.92 Å². The summed E-state index contributed by atoms with van der Waals surface area (Å²) in [6, 6.07) is 6.52. The average Bonchev–Trinajstić information content (AvgIpc) is 2.61. The van der Waals surface area contributed by atoms with Gasteiger partial charge in [-0.3, -0.25) is 0 Å². The molecule has 0 spiro atoms. The normalized spacial score (nSPS) is 20.9. The van der Waals surface area contributed by atoms with E-state index in [2.05, 4.69) is 10.6 Å². The van der Waals surface area contributed by atoms with E-state index in [1.807, 2.05) is 38.1 Å². The molecule has 6 nitrogen and oxygen atoms in total. The maximum atomic E-state index is 13.0. The summed E-state index contributed by atoms with van der Waals surface area (Å²) in [4.78, 5) is 25.1. The van der Waals surface area contributed by atoms with Gasteiger partial charge in [-0.25, -0.2) is 9.59 Å². The van der Waals surface area contributed by atoms with E-state index in [0.717, 1.165) is 31.2 Å². The van der Waals surface area contributed by atoms with Gasteiger partial charge in [0.05, 0.1) is 17.7 Å². The Hall–Kier alpha value is -2.50. The first-order chi connectivity index (χ1) is 13.0. The van der Waals surface area contributed by atoms with Crippen molar-refractivity contribution in [1.29, 1.82) is 0 Å². The van der Waals surface area contributed by atoms with Crippen molar-refractivity contribution < 1.29 is 19.1 Å². The van der Waals surface area contributed by atoms with Crippen LogP contribution in [0.15, 0.2) is 35.5 Å². The maximum absolute atomic E-state index is 13.0. The molecule has 0 aromatic heterocycles. The lowest BCUT2D eigenvalue weighted by Gasteiger charge is -2.31. The highest BCUT2D eigenvalue weighted by molar-refractivity contribution is 5.95. The van der Waals surface area contributed by atoms with Crippen molar-refractivity contribution >= 4 is 12.0 Å². The van der Waals surface area contributed by atoms with Crippen molar-refractivity contribution in [1.82, 2.24) is 10.6 Å². The van der Waals surface area contributed by atoms with Crippen LogP contribution in [0.2, 0.25) is 0 Å². The molecule has 0 unspecified atom stereocenters. The first-order valence-electron chi connectivity index (χ1n) is 9.70. The zero-order valence-electron chi connectivity index (χ0n) is 16.2. The Labute approximate surface area is 160 Å². The molecule has 0 saturated heterocycles. The third-order valence-corrected chi connectivity index (χ3v) is 4.91. The first kappa shape index (κ1) is 19.3. The zero-order valence-corrected chi connectivity index (χ0v) is 16.2. The molecule has 1 aromatic rings. The molecule has 1 fully saturated rings. The second-order valence-corrected chi connectivity index (χ2v) is 7.44. The molecule has 2 aliphatic rings. The van der Waals surface area contributed by atoms with Crippen LogP contribution in [0, 0.1) is 0 Å². The molecule has 2 amide bonds. The van der Waals surface area contributed by atoms with Gasteiger partial charge in [0, 0.05) is 11.3 Å². The van der Waals surface area contributed by atoms with Crippen LogP contribution in [0.1, 0.15) is 64.5 Å². The first-order valence-corrected chi connectivity index (χ1v) is 9.70. The van der Waals surface area contributed by atoms with Gasteiger partial charge in [-0.15, -0.1) is 0 Å². The lowest BCUT2D eigenvalue weighted by atomic mass is 9.94. The quantitative estimate of drug-likeness (QED) is 0.767. The Kier molecular flexibility index (Phi) is 6.04. The molecule has 1 aromatic carbocycles. The topological polar surface area (TPSA) is 76.7 Å². The molecular formula is C21H28N2O4. The number of rotatable bonds is 5. The SMILES string of the molecule is CC1=C(C(=O)OC2CCCCC2)[C@@H](c2ccccc2OC(C)C)NC(=O)N1. The van der Waals surface area contributed by atoms with Gasteiger partial charge >= 0.3 is 12.0 Å². The predicted octanol–water partition coefficient (Wildman–Crippen LogP) is 3.98. The van der Waals surface area contributed by atoms with Crippen molar-refractivity contribution in [3.63, 3.8) is 0 Å². The lowest BCUT2D eigenvalue weighted by molar-refractivity contribution is -0.146. The number of amides is 2. The number of urea groups is 1. The van der Waals surface area contributed by atoms with Crippen LogP contribution in [0.4, 0.5) is 4.79 Å².